The van der Waals surface area contributed by atoms with E-state index in [2.05, 4.69) is 50.2 Å². The molecule has 0 unspecified atom stereocenters. The molecule has 0 amide bonds. The van der Waals surface area contributed by atoms with Crippen LogP contribution < -0.4 is 5.43 Å². The molecule has 0 bridgehead atoms. The van der Waals surface area contributed by atoms with E-state index in [1.807, 2.05) is 10.7 Å². The maximum Gasteiger partial charge on any atom is 0.159 e. The molecule has 4 heteroatoms. The van der Waals surface area contributed by atoms with E-state index in [1.165, 1.54) is 5.56 Å². The number of aromatic nitrogens is 2. The lowest BCUT2D eigenvalue weighted by Crippen LogP contribution is -2.35. The maximum atomic E-state index is 5.55. The highest BCUT2D eigenvalue weighted by atomic mass is 32.1. The first-order valence-corrected chi connectivity index (χ1v) is 6.61. The first-order valence-electron chi connectivity index (χ1n) is 6.20. The van der Waals surface area contributed by atoms with Gasteiger partial charge in [0.2, 0.25) is 0 Å². The summed E-state index contributed by atoms with van der Waals surface area (Å²) < 4.78 is 2.75. The van der Waals surface area contributed by atoms with Crippen LogP contribution in [0.4, 0.5) is 0 Å². The summed E-state index contributed by atoms with van der Waals surface area (Å²) in [6.07, 6.45) is 2.72. The Morgan fingerprint density at radius 2 is 2.11 bits per heavy atom. The first kappa shape index (κ1) is 13.0. The number of pyridine rings is 2. The number of hydrogen-bond acceptors (Lipinski definition) is 3. The zero-order valence-corrected chi connectivity index (χ0v) is 12.1. The van der Waals surface area contributed by atoms with Crippen LogP contribution in [-0.2, 0) is 6.42 Å². The van der Waals surface area contributed by atoms with Crippen molar-refractivity contribution in [3.63, 3.8) is 0 Å². The molecule has 0 radical (unpaired) electrons. The summed E-state index contributed by atoms with van der Waals surface area (Å²) in [7, 11) is 0. The molecule has 2 rings (SSSR count). The number of rotatable bonds is 2. The van der Waals surface area contributed by atoms with E-state index in [0.717, 1.165) is 22.1 Å². The Morgan fingerprint density at radius 3 is 2.72 bits per heavy atom. The van der Waals surface area contributed by atoms with E-state index >= 15 is 0 Å². The minimum Gasteiger partial charge on any atom is -0.318 e. The van der Waals surface area contributed by atoms with E-state index in [0.29, 0.717) is 0 Å². The highest BCUT2D eigenvalue weighted by molar-refractivity contribution is 7.71. The highest BCUT2D eigenvalue weighted by Gasteiger charge is 2.13. The zero-order chi connectivity index (χ0) is 13.3. The third kappa shape index (κ3) is 2.53. The molecule has 1 N–H and O–H groups in total. The second-order valence-electron chi connectivity index (χ2n) is 5.44. The summed E-state index contributed by atoms with van der Waals surface area (Å²) in [4.78, 5) is 4.44. The van der Waals surface area contributed by atoms with Gasteiger partial charge in [-0.05, 0) is 51.0 Å². The summed E-state index contributed by atoms with van der Waals surface area (Å²) in [6.45, 7) is 8.46. The fourth-order valence-electron chi connectivity index (χ4n) is 1.89. The maximum absolute atomic E-state index is 5.55. The quantitative estimate of drug-likeness (QED) is 0.837. The monoisotopic (exact) mass is 261 g/mol. The predicted octanol–water partition coefficient (Wildman–Crippen LogP) is 3.67. The van der Waals surface area contributed by atoms with Crippen molar-refractivity contribution < 1.29 is 0 Å². The van der Waals surface area contributed by atoms with Crippen LogP contribution in [0.3, 0.4) is 0 Å². The first-order chi connectivity index (χ1) is 8.42. The smallest absolute Gasteiger partial charge is 0.159 e. The van der Waals surface area contributed by atoms with Gasteiger partial charge in [-0.25, -0.2) is 9.66 Å². The van der Waals surface area contributed by atoms with Crippen LogP contribution in [0.1, 0.15) is 33.3 Å². The molecule has 3 nitrogen and oxygen atoms in total. The van der Waals surface area contributed by atoms with Gasteiger partial charge in [-0.15, -0.1) is 0 Å². The van der Waals surface area contributed by atoms with Crippen LogP contribution in [0.25, 0.3) is 11.0 Å². The summed E-state index contributed by atoms with van der Waals surface area (Å²) in [5.41, 5.74) is 5.41. The standard InChI is InChI=1S/C14H19N3S/c1-5-10-9-11-7-6-8-15-12(11)17(13(10)18)16-14(2,3)4/h6-9,16H,5H2,1-4H3. The Kier molecular flexibility index (Phi) is 3.39. The van der Waals surface area contributed by atoms with Gasteiger partial charge in [0, 0.05) is 17.1 Å². The van der Waals surface area contributed by atoms with Crippen LogP contribution >= 0.6 is 12.2 Å². The molecule has 2 aromatic rings. The Hall–Kier alpha value is -1.42. The van der Waals surface area contributed by atoms with Gasteiger partial charge in [0.1, 0.15) is 4.64 Å². The summed E-state index contributed by atoms with van der Waals surface area (Å²) >= 11 is 5.55. The lowest BCUT2D eigenvalue weighted by molar-refractivity contribution is 0.555. The minimum absolute atomic E-state index is 0.0605. The third-order valence-corrected chi connectivity index (χ3v) is 3.11. The molecule has 96 valence electrons. The van der Waals surface area contributed by atoms with E-state index in [4.69, 9.17) is 12.2 Å². The Morgan fingerprint density at radius 1 is 1.39 bits per heavy atom. The summed E-state index contributed by atoms with van der Waals surface area (Å²) in [5, 5.41) is 1.11. The zero-order valence-electron chi connectivity index (χ0n) is 11.3. The lowest BCUT2D eigenvalue weighted by atomic mass is 10.1. The van der Waals surface area contributed by atoms with Crippen molar-refractivity contribution in [1.29, 1.82) is 0 Å². The average Bonchev–Trinajstić information content (AvgIpc) is 2.31. The molecule has 18 heavy (non-hydrogen) atoms. The van der Waals surface area contributed by atoms with Crippen molar-refractivity contribution in [2.24, 2.45) is 0 Å². The Bertz CT molecular complexity index is 623. The fraction of sp³-hybridized carbons (Fsp3) is 0.429. The molecule has 2 aromatic heterocycles. The predicted molar refractivity (Wildman–Crippen MR) is 79.1 cm³/mol. The van der Waals surface area contributed by atoms with Gasteiger partial charge in [0.15, 0.2) is 5.65 Å². The van der Waals surface area contributed by atoms with Gasteiger partial charge in [0.25, 0.3) is 0 Å². The SMILES string of the molecule is CCc1cc2cccnc2n(NC(C)(C)C)c1=S. The molecule has 0 atom stereocenters. The van der Waals surface area contributed by atoms with Crippen LogP contribution in [0.5, 0.6) is 0 Å². The van der Waals surface area contributed by atoms with Crippen LogP contribution in [0.2, 0.25) is 0 Å². The second kappa shape index (κ2) is 4.69. The van der Waals surface area contributed by atoms with Crippen LogP contribution in [0.15, 0.2) is 24.4 Å². The van der Waals surface area contributed by atoms with Crippen molar-refractivity contribution in [3.05, 3.63) is 34.6 Å². The highest BCUT2D eigenvalue weighted by Crippen LogP contribution is 2.17. The average molecular weight is 261 g/mol. The second-order valence-corrected chi connectivity index (χ2v) is 5.83. The van der Waals surface area contributed by atoms with Crippen LogP contribution in [-0.4, -0.2) is 15.2 Å². The molecule has 0 aliphatic carbocycles. The topological polar surface area (TPSA) is 29.9 Å². The van der Waals surface area contributed by atoms with Gasteiger partial charge in [-0.3, -0.25) is 0 Å². The van der Waals surface area contributed by atoms with Crippen molar-refractivity contribution in [1.82, 2.24) is 9.66 Å². The number of nitrogens with zero attached hydrogens (tertiary/aromatic N) is 2. The molecular formula is C14H19N3S. The van der Waals surface area contributed by atoms with Crippen molar-refractivity contribution in [2.45, 2.75) is 39.7 Å². The summed E-state index contributed by atoms with van der Waals surface area (Å²) in [5.74, 6) is 0. The minimum atomic E-state index is -0.0605. The number of nitrogens with one attached hydrogen (secondary N) is 1. The van der Waals surface area contributed by atoms with Crippen molar-refractivity contribution in [3.8, 4) is 0 Å². The van der Waals surface area contributed by atoms with E-state index in [9.17, 15) is 0 Å². The Labute approximate surface area is 113 Å². The largest absolute Gasteiger partial charge is 0.318 e. The van der Waals surface area contributed by atoms with E-state index in [-0.39, 0.29) is 5.54 Å². The fourth-order valence-corrected chi connectivity index (χ4v) is 2.23. The van der Waals surface area contributed by atoms with Gasteiger partial charge in [-0.2, -0.15) is 0 Å². The molecular weight excluding hydrogens is 242 g/mol. The van der Waals surface area contributed by atoms with E-state index < -0.39 is 0 Å². The van der Waals surface area contributed by atoms with Gasteiger partial charge in [-0.1, -0.05) is 19.1 Å². The molecule has 0 aliphatic heterocycles. The molecule has 0 saturated heterocycles. The lowest BCUT2D eigenvalue weighted by Gasteiger charge is -2.25. The molecule has 0 aromatic carbocycles. The normalized spacial score (nSPS) is 11.8. The number of hydrogen-bond donors (Lipinski definition) is 1. The molecule has 0 saturated carbocycles. The van der Waals surface area contributed by atoms with E-state index in [1.54, 1.807) is 6.20 Å². The van der Waals surface area contributed by atoms with Crippen molar-refractivity contribution >= 4 is 23.3 Å². The summed E-state index contributed by atoms with van der Waals surface area (Å²) in [6, 6.07) is 6.15. The Balaban J connectivity index is 2.75. The molecule has 0 fully saturated rings. The van der Waals surface area contributed by atoms with Crippen LogP contribution in [0, 0.1) is 4.64 Å². The van der Waals surface area contributed by atoms with Gasteiger partial charge < -0.3 is 5.43 Å². The van der Waals surface area contributed by atoms with Crippen molar-refractivity contribution in [2.75, 3.05) is 5.43 Å². The molecule has 2 heterocycles. The molecule has 0 spiro atoms. The molecule has 0 aliphatic rings. The number of fused-ring (bicyclic) bond motifs is 1. The van der Waals surface area contributed by atoms with Gasteiger partial charge >= 0.3 is 0 Å². The van der Waals surface area contributed by atoms with Gasteiger partial charge in [0.05, 0.1) is 0 Å². The third-order valence-electron chi connectivity index (χ3n) is 2.66. The number of aryl methyl sites for hydroxylation is 1.